The Labute approximate surface area is 65.8 Å². The van der Waals surface area contributed by atoms with Gasteiger partial charge in [-0.15, -0.1) is 10.2 Å². The van der Waals surface area contributed by atoms with E-state index in [2.05, 4.69) is 15.4 Å². The number of hydrogen-bond acceptors (Lipinski definition) is 3. The normalized spacial score (nSPS) is 17.1. The molecule has 1 heterocycles. The lowest BCUT2D eigenvalue weighted by atomic mass is 10.1. The Morgan fingerprint density at radius 2 is 2.00 bits per heavy atom. The highest BCUT2D eigenvalue weighted by Crippen LogP contribution is 2.16. The monoisotopic (exact) mass is 149 g/mol. The van der Waals surface area contributed by atoms with Crippen LogP contribution < -0.4 is 0 Å². The first-order valence-electron chi connectivity index (χ1n) is 4.13. The van der Waals surface area contributed by atoms with Gasteiger partial charge in [0.05, 0.1) is 11.9 Å². The van der Waals surface area contributed by atoms with Gasteiger partial charge in [-0.3, -0.25) is 0 Å². The highest BCUT2D eigenvalue weighted by atomic mass is 15.3. The minimum absolute atomic E-state index is 1.09. The first-order valence-corrected chi connectivity index (χ1v) is 4.13. The summed E-state index contributed by atoms with van der Waals surface area (Å²) >= 11 is 0. The third-order valence-electron chi connectivity index (χ3n) is 2.16. The van der Waals surface area contributed by atoms with Crippen LogP contribution in [0.4, 0.5) is 0 Å². The topological polar surface area (TPSA) is 38.7 Å². The van der Waals surface area contributed by atoms with Gasteiger partial charge in [0.15, 0.2) is 0 Å². The van der Waals surface area contributed by atoms with Crippen molar-refractivity contribution in [3.63, 3.8) is 0 Å². The molecule has 0 bridgehead atoms. The van der Waals surface area contributed by atoms with Crippen LogP contribution in [0.25, 0.3) is 0 Å². The van der Waals surface area contributed by atoms with Gasteiger partial charge in [0, 0.05) is 0 Å². The zero-order valence-corrected chi connectivity index (χ0v) is 6.45. The summed E-state index contributed by atoms with van der Waals surface area (Å²) in [4.78, 5) is 0. The maximum atomic E-state index is 4.02. The molecule has 1 aliphatic rings. The minimum atomic E-state index is 1.09. The maximum Gasteiger partial charge on any atom is 0.0696 e. The standard InChI is InChI=1S/C8H11N3/c1-2-4-7-6-9-11-10-8(7)5-3-1/h6H,1-5H2. The summed E-state index contributed by atoms with van der Waals surface area (Å²) in [5.41, 5.74) is 2.47. The molecule has 1 aromatic rings. The van der Waals surface area contributed by atoms with E-state index < -0.39 is 0 Å². The molecule has 1 aliphatic carbocycles. The Morgan fingerprint density at radius 3 is 3.00 bits per heavy atom. The molecule has 0 spiro atoms. The fourth-order valence-electron chi connectivity index (χ4n) is 1.52. The maximum absolute atomic E-state index is 4.02. The van der Waals surface area contributed by atoms with Crippen molar-refractivity contribution >= 4 is 0 Å². The number of rotatable bonds is 0. The van der Waals surface area contributed by atoms with Gasteiger partial charge < -0.3 is 0 Å². The van der Waals surface area contributed by atoms with Crippen LogP contribution in [0.1, 0.15) is 30.5 Å². The molecule has 2 rings (SSSR count). The molecule has 11 heavy (non-hydrogen) atoms. The van der Waals surface area contributed by atoms with Crippen molar-refractivity contribution in [1.29, 1.82) is 0 Å². The molecule has 0 radical (unpaired) electrons. The van der Waals surface area contributed by atoms with E-state index in [0.29, 0.717) is 0 Å². The quantitative estimate of drug-likeness (QED) is 0.519. The molecule has 1 aromatic heterocycles. The zero-order valence-electron chi connectivity index (χ0n) is 6.45. The molecule has 3 heteroatoms. The van der Waals surface area contributed by atoms with Gasteiger partial charge in [-0.25, -0.2) is 0 Å². The molecule has 58 valence electrons. The minimum Gasteiger partial charge on any atom is -0.138 e. The zero-order chi connectivity index (χ0) is 7.52. The molecule has 3 nitrogen and oxygen atoms in total. The van der Waals surface area contributed by atoms with E-state index in [0.717, 1.165) is 18.5 Å². The van der Waals surface area contributed by atoms with Crippen molar-refractivity contribution < 1.29 is 0 Å². The Balaban J connectivity index is 2.33. The predicted molar refractivity (Wildman–Crippen MR) is 41.1 cm³/mol. The fourth-order valence-corrected chi connectivity index (χ4v) is 1.52. The summed E-state index contributed by atoms with van der Waals surface area (Å²) in [7, 11) is 0. The van der Waals surface area contributed by atoms with Crippen molar-refractivity contribution in [2.24, 2.45) is 0 Å². The van der Waals surface area contributed by atoms with E-state index in [4.69, 9.17) is 0 Å². The van der Waals surface area contributed by atoms with Crippen molar-refractivity contribution in [3.05, 3.63) is 17.5 Å². The molecule has 0 unspecified atom stereocenters. The van der Waals surface area contributed by atoms with Gasteiger partial charge in [-0.05, 0) is 36.5 Å². The molecule has 0 N–H and O–H groups in total. The Kier molecular flexibility index (Phi) is 1.79. The van der Waals surface area contributed by atoms with Crippen LogP contribution in [0, 0.1) is 0 Å². The number of hydrogen-bond donors (Lipinski definition) is 0. The van der Waals surface area contributed by atoms with E-state index in [1.807, 2.05) is 6.20 Å². The van der Waals surface area contributed by atoms with Gasteiger partial charge in [0.1, 0.15) is 0 Å². The van der Waals surface area contributed by atoms with Gasteiger partial charge in [0.25, 0.3) is 0 Å². The predicted octanol–water partition coefficient (Wildman–Crippen LogP) is 1.14. The van der Waals surface area contributed by atoms with Crippen LogP contribution in [0.3, 0.4) is 0 Å². The molecule has 0 fully saturated rings. The molecule has 0 aliphatic heterocycles. The molecular weight excluding hydrogens is 138 g/mol. The van der Waals surface area contributed by atoms with Gasteiger partial charge in [-0.2, -0.15) is 0 Å². The molecule has 0 aromatic carbocycles. The van der Waals surface area contributed by atoms with Crippen molar-refractivity contribution in [3.8, 4) is 0 Å². The van der Waals surface area contributed by atoms with Crippen molar-refractivity contribution in [1.82, 2.24) is 15.4 Å². The summed E-state index contributed by atoms with van der Waals surface area (Å²) in [6.45, 7) is 0. The Hall–Kier alpha value is -0.990. The van der Waals surface area contributed by atoms with E-state index >= 15 is 0 Å². The average molecular weight is 149 g/mol. The van der Waals surface area contributed by atoms with Crippen LogP contribution in [0.5, 0.6) is 0 Å². The highest BCUT2D eigenvalue weighted by molar-refractivity contribution is 5.15. The summed E-state index contributed by atoms with van der Waals surface area (Å²) in [6.07, 6.45) is 7.93. The van der Waals surface area contributed by atoms with Gasteiger partial charge in [0.2, 0.25) is 0 Å². The van der Waals surface area contributed by atoms with E-state index in [1.165, 1.54) is 24.8 Å². The summed E-state index contributed by atoms with van der Waals surface area (Å²) < 4.78 is 0. The van der Waals surface area contributed by atoms with Crippen LogP contribution in [0.15, 0.2) is 6.20 Å². The fraction of sp³-hybridized carbons (Fsp3) is 0.625. The number of nitrogens with zero attached hydrogens (tertiary/aromatic N) is 3. The third-order valence-corrected chi connectivity index (χ3v) is 2.16. The lowest BCUT2D eigenvalue weighted by Crippen LogP contribution is -1.98. The molecule has 0 atom stereocenters. The number of aromatic nitrogens is 3. The molecule has 0 amide bonds. The third kappa shape index (κ3) is 1.37. The van der Waals surface area contributed by atoms with E-state index in [9.17, 15) is 0 Å². The van der Waals surface area contributed by atoms with Crippen molar-refractivity contribution in [2.75, 3.05) is 0 Å². The Bertz CT molecular complexity index is 222. The lowest BCUT2D eigenvalue weighted by molar-refractivity contribution is 0.705. The highest BCUT2D eigenvalue weighted by Gasteiger charge is 2.08. The summed E-state index contributed by atoms with van der Waals surface area (Å²) in [5, 5.41) is 11.4. The van der Waals surface area contributed by atoms with E-state index in [1.54, 1.807) is 0 Å². The smallest absolute Gasteiger partial charge is 0.0696 e. The molecule has 0 saturated heterocycles. The van der Waals surface area contributed by atoms with Crippen LogP contribution >= 0.6 is 0 Å². The van der Waals surface area contributed by atoms with Crippen molar-refractivity contribution in [2.45, 2.75) is 32.1 Å². The summed E-state index contributed by atoms with van der Waals surface area (Å²) in [5.74, 6) is 0. The SMILES string of the molecule is c1nnnc2c1CCCCC2. The largest absolute Gasteiger partial charge is 0.138 e. The second kappa shape index (κ2) is 2.95. The van der Waals surface area contributed by atoms with Crippen LogP contribution in [0.2, 0.25) is 0 Å². The van der Waals surface area contributed by atoms with Crippen LogP contribution in [-0.2, 0) is 12.8 Å². The average Bonchev–Trinajstić information content (AvgIpc) is 2.28. The first kappa shape index (κ1) is 6.70. The number of aryl methyl sites for hydroxylation is 2. The lowest BCUT2D eigenvalue weighted by Gasteiger charge is -1.98. The summed E-state index contributed by atoms with van der Waals surface area (Å²) in [6, 6.07) is 0. The second-order valence-electron chi connectivity index (χ2n) is 2.97. The van der Waals surface area contributed by atoms with Crippen LogP contribution in [-0.4, -0.2) is 15.4 Å². The number of fused-ring (bicyclic) bond motifs is 1. The second-order valence-corrected chi connectivity index (χ2v) is 2.97. The first-order chi connectivity index (χ1) is 5.47. The molecule has 0 saturated carbocycles. The van der Waals surface area contributed by atoms with E-state index in [-0.39, 0.29) is 0 Å². The Morgan fingerprint density at radius 1 is 1.09 bits per heavy atom. The molecular formula is C8H11N3. The van der Waals surface area contributed by atoms with Gasteiger partial charge >= 0.3 is 0 Å². The van der Waals surface area contributed by atoms with Gasteiger partial charge in [-0.1, -0.05) is 6.42 Å².